The number of piperidine rings is 1. The Morgan fingerprint density at radius 2 is 1.89 bits per heavy atom. The number of carbonyl (C=O) groups is 1. The Kier molecular flexibility index (Phi) is 8.19. The largest absolute Gasteiger partial charge is 0.353 e. The molecular weight excluding hydrogens is 280 g/mol. The van der Waals surface area contributed by atoms with Crippen molar-refractivity contribution >= 4 is 30.1 Å². The molecule has 2 N–H and O–H groups in total. The van der Waals surface area contributed by atoms with E-state index in [4.69, 9.17) is 0 Å². The fraction of sp³-hybridized carbons (Fsp3) is 0.929. The van der Waals surface area contributed by atoms with Gasteiger partial charge in [-0.2, -0.15) is 11.8 Å². The van der Waals surface area contributed by atoms with Gasteiger partial charge >= 0.3 is 0 Å². The highest BCUT2D eigenvalue weighted by molar-refractivity contribution is 7.99. The molecule has 2 aliphatic heterocycles. The van der Waals surface area contributed by atoms with E-state index in [9.17, 15) is 4.79 Å². The molecule has 0 bridgehead atoms. The number of hydrogen-bond acceptors (Lipinski definition) is 3. The summed E-state index contributed by atoms with van der Waals surface area (Å²) in [5, 5.41) is 6.61. The van der Waals surface area contributed by atoms with Gasteiger partial charge in [0.2, 0.25) is 5.91 Å². The summed E-state index contributed by atoms with van der Waals surface area (Å²) >= 11 is 2.00. The second-order valence-electron chi connectivity index (χ2n) is 5.72. The molecule has 0 aromatic rings. The van der Waals surface area contributed by atoms with Crippen LogP contribution in [-0.4, -0.2) is 36.5 Å². The molecule has 2 rings (SSSR count). The fourth-order valence-corrected chi connectivity index (χ4v) is 4.11. The number of halogens is 1. The molecule has 0 aromatic carbocycles. The Morgan fingerprint density at radius 3 is 2.53 bits per heavy atom. The smallest absolute Gasteiger partial charge is 0.220 e. The monoisotopic (exact) mass is 306 g/mol. The highest BCUT2D eigenvalue weighted by atomic mass is 35.5. The lowest BCUT2D eigenvalue weighted by Gasteiger charge is -2.29. The van der Waals surface area contributed by atoms with Crippen LogP contribution < -0.4 is 10.6 Å². The highest BCUT2D eigenvalue weighted by Crippen LogP contribution is 2.24. The molecule has 2 fully saturated rings. The van der Waals surface area contributed by atoms with E-state index in [1.165, 1.54) is 24.3 Å². The first-order valence-corrected chi connectivity index (χ1v) is 8.49. The maximum atomic E-state index is 12.0. The Morgan fingerprint density at radius 1 is 1.26 bits per heavy atom. The third-order valence-electron chi connectivity index (χ3n) is 4.28. The zero-order chi connectivity index (χ0) is 12.8. The van der Waals surface area contributed by atoms with Crippen LogP contribution in [0, 0.1) is 11.8 Å². The lowest BCUT2D eigenvalue weighted by Crippen LogP contribution is -2.39. The minimum atomic E-state index is 0. The molecule has 1 amide bonds. The number of thioether (sulfide) groups is 1. The van der Waals surface area contributed by atoms with E-state index in [1.807, 2.05) is 11.8 Å². The maximum absolute atomic E-state index is 12.0. The molecule has 2 saturated heterocycles. The lowest BCUT2D eigenvalue weighted by atomic mass is 9.84. The van der Waals surface area contributed by atoms with Gasteiger partial charge in [-0.3, -0.25) is 4.79 Å². The molecule has 0 spiro atoms. The van der Waals surface area contributed by atoms with Crippen LogP contribution >= 0.6 is 24.2 Å². The van der Waals surface area contributed by atoms with E-state index in [-0.39, 0.29) is 18.3 Å². The predicted octanol–water partition coefficient (Wildman–Crippen LogP) is 2.45. The zero-order valence-electron chi connectivity index (χ0n) is 11.8. The van der Waals surface area contributed by atoms with E-state index < -0.39 is 0 Å². The van der Waals surface area contributed by atoms with Crippen LogP contribution in [0.2, 0.25) is 0 Å². The Labute approximate surface area is 127 Å². The number of rotatable bonds is 4. The minimum Gasteiger partial charge on any atom is -0.353 e. The number of amides is 1. The predicted molar refractivity (Wildman–Crippen MR) is 85.1 cm³/mol. The first-order chi connectivity index (χ1) is 8.75. The molecule has 2 heterocycles. The maximum Gasteiger partial charge on any atom is 0.220 e. The van der Waals surface area contributed by atoms with Crippen molar-refractivity contribution in [3.63, 3.8) is 0 Å². The molecule has 0 aromatic heterocycles. The zero-order valence-corrected chi connectivity index (χ0v) is 13.5. The van der Waals surface area contributed by atoms with Crippen molar-refractivity contribution in [3.8, 4) is 0 Å². The molecule has 3 nitrogen and oxygen atoms in total. The van der Waals surface area contributed by atoms with Crippen molar-refractivity contribution in [2.75, 3.05) is 24.6 Å². The van der Waals surface area contributed by atoms with Crippen molar-refractivity contribution in [2.24, 2.45) is 11.8 Å². The molecule has 112 valence electrons. The van der Waals surface area contributed by atoms with E-state index in [1.54, 1.807) is 0 Å². The van der Waals surface area contributed by atoms with Crippen LogP contribution in [0.25, 0.3) is 0 Å². The van der Waals surface area contributed by atoms with Gasteiger partial charge in [-0.1, -0.05) is 6.92 Å². The molecule has 1 unspecified atom stereocenters. The molecule has 0 aliphatic carbocycles. The molecule has 19 heavy (non-hydrogen) atoms. The molecule has 0 radical (unpaired) electrons. The lowest BCUT2D eigenvalue weighted by molar-refractivity contribution is -0.123. The fourth-order valence-electron chi connectivity index (χ4n) is 3.00. The van der Waals surface area contributed by atoms with Crippen LogP contribution in [0.3, 0.4) is 0 Å². The van der Waals surface area contributed by atoms with E-state index in [0.29, 0.717) is 18.4 Å². The van der Waals surface area contributed by atoms with Gasteiger partial charge in [-0.25, -0.2) is 0 Å². The molecule has 5 heteroatoms. The SMILES string of the molecule is CC(CC(=O)NC1CCSCC1)C1CCNCC1.Cl. The van der Waals surface area contributed by atoms with Crippen LogP contribution in [0.15, 0.2) is 0 Å². The minimum absolute atomic E-state index is 0. The molecule has 0 saturated carbocycles. The van der Waals surface area contributed by atoms with Gasteiger partial charge in [0.1, 0.15) is 0 Å². The summed E-state index contributed by atoms with van der Waals surface area (Å²) in [5.74, 6) is 3.95. The third kappa shape index (κ3) is 5.92. The van der Waals surface area contributed by atoms with Crippen molar-refractivity contribution in [1.29, 1.82) is 0 Å². The van der Waals surface area contributed by atoms with Gasteiger partial charge in [0.05, 0.1) is 0 Å². The average Bonchev–Trinajstić information content (AvgIpc) is 2.40. The van der Waals surface area contributed by atoms with Crippen molar-refractivity contribution in [1.82, 2.24) is 10.6 Å². The summed E-state index contributed by atoms with van der Waals surface area (Å²) in [6, 6.07) is 0.443. The Hall–Kier alpha value is 0.0700. The molecule has 1 atom stereocenters. The molecular formula is C14H27ClN2OS. The number of nitrogens with one attached hydrogen (secondary N) is 2. The van der Waals surface area contributed by atoms with Crippen LogP contribution in [-0.2, 0) is 4.79 Å². The summed E-state index contributed by atoms with van der Waals surface area (Å²) in [7, 11) is 0. The second-order valence-corrected chi connectivity index (χ2v) is 6.95. The summed E-state index contributed by atoms with van der Waals surface area (Å²) < 4.78 is 0. The van der Waals surface area contributed by atoms with Crippen LogP contribution in [0.4, 0.5) is 0 Å². The Bertz CT molecular complexity index is 266. The summed E-state index contributed by atoms with van der Waals surface area (Å²) in [4.78, 5) is 12.0. The summed E-state index contributed by atoms with van der Waals surface area (Å²) in [5.41, 5.74) is 0. The third-order valence-corrected chi connectivity index (χ3v) is 5.33. The van der Waals surface area contributed by atoms with Gasteiger partial charge in [0.25, 0.3) is 0 Å². The molecule has 2 aliphatic rings. The average molecular weight is 307 g/mol. The number of hydrogen-bond donors (Lipinski definition) is 2. The first-order valence-electron chi connectivity index (χ1n) is 7.33. The van der Waals surface area contributed by atoms with Gasteiger partial charge < -0.3 is 10.6 Å². The summed E-state index contributed by atoms with van der Waals surface area (Å²) in [6.07, 6.45) is 5.48. The van der Waals surface area contributed by atoms with Gasteiger partial charge in [0, 0.05) is 12.5 Å². The van der Waals surface area contributed by atoms with E-state index in [2.05, 4.69) is 17.6 Å². The standard InChI is InChI=1S/C14H26N2OS.ClH/c1-11(12-2-6-15-7-3-12)10-14(17)16-13-4-8-18-9-5-13;/h11-13,15H,2-10H2,1H3,(H,16,17);1H. The van der Waals surface area contributed by atoms with Gasteiger partial charge in [0.15, 0.2) is 0 Å². The van der Waals surface area contributed by atoms with Crippen LogP contribution in [0.1, 0.15) is 39.0 Å². The Balaban J connectivity index is 0.00000180. The van der Waals surface area contributed by atoms with Crippen molar-refractivity contribution in [2.45, 2.75) is 45.1 Å². The summed E-state index contributed by atoms with van der Waals surface area (Å²) in [6.45, 7) is 4.49. The van der Waals surface area contributed by atoms with Crippen LogP contribution in [0.5, 0.6) is 0 Å². The van der Waals surface area contributed by atoms with E-state index >= 15 is 0 Å². The normalized spacial score (nSPS) is 23.4. The second kappa shape index (κ2) is 9.09. The highest BCUT2D eigenvalue weighted by Gasteiger charge is 2.23. The van der Waals surface area contributed by atoms with Gasteiger partial charge in [-0.05, 0) is 62.1 Å². The quantitative estimate of drug-likeness (QED) is 0.838. The topological polar surface area (TPSA) is 41.1 Å². The van der Waals surface area contributed by atoms with Crippen molar-refractivity contribution < 1.29 is 4.79 Å². The van der Waals surface area contributed by atoms with Crippen molar-refractivity contribution in [3.05, 3.63) is 0 Å². The van der Waals surface area contributed by atoms with E-state index in [0.717, 1.165) is 31.8 Å². The first kappa shape index (κ1) is 17.1. The number of carbonyl (C=O) groups excluding carboxylic acids is 1. The van der Waals surface area contributed by atoms with Gasteiger partial charge in [-0.15, -0.1) is 12.4 Å².